The zero-order valence-corrected chi connectivity index (χ0v) is 23.6. The van der Waals surface area contributed by atoms with Crippen molar-refractivity contribution in [3.8, 4) is 0 Å². The van der Waals surface area contributed by atoms with Gasteiger partial charge in [0, 0.05) is 5.69 Å². The Bertz CT molecular complexity index is 1460. The minimum atomic E-state index is 0.813. The molecule has 2 heteroatoms. The zero-order chi connectivity index (χ0) is 27.8. The summed E-state index contributed by atoms with van der Waals surface area (Å²) in [7, 11) is 0. The molecule has 0 saturated heterocycles. The number of nitrogens with zero attached hydrogens (tertiary/aromatic N) is 1. The monoisotopic (exact) mass is 512 g/mol. The zero-order valence-electron chi connectivity index (χ0n) is 23.6. The molecule has 2 aliphatic rings. The molecule has 2 nitrogen and oxygen atoms in total. The second-order valence-corrected chi connectivity index (χ2v) is 10.1. The van der Waals surface area contributed by atoms with Crippen LogP contribution >= 0.6 is 0 Å². The molecule has 198 valence electrons. The first kappa shape index (κ1) is 27.9. The van der Waals surface area contributed by atoms with Crippen LogP contribution in [0.25, 0.3) is 17.3 Å². The molecule has 2 N–H and O–H groups in total. The van der Waals surface area contributed by atoms with Crippen LogP contribution in [0.4, 0.5) is 0 Å². The lowest BCUT2D eigenvalue weighted by Crippen LogP contribution is -2.14. The van der Waals surface area contributed by atoms with E-state index >= 15 is 0 Å². The van der Waals surface area contributed by atoms with E-state index in [0.29, 0.717) is 0 Å². The van der Waals surface area contributed by atoms with Gasteiger partial charge in [0.05, 0.1) is 11.4 Å². The van der Waals surface area contributed by atoms with Gasteiger partial charge in [-0.15, -0.1) is 0 Å². The van der Waals surface area contributed by atoms with Gasteiger partial charge < -0.3 is 5.73 Å². The maximum absolute atomic E-state index is 6.71. The van der Waals surface area contributed by atoms with Crippen LogP contribution in [0.1, 0.15) is 67.6 Å². The lowest BCUT2D eigenvalue weighted by Gasteiger charge is -2.23. The number of hydrogen-bond donors (Lipinski definition) is 1. The van der Waals surface area contributed by atoms with Crippen molar-refractivity contribution in [1.29, 1.82) is 0 Å². The summed E-state index contributed by atoms with van der Waals surface area (Å²) in [4.78, 5) is 4.76. The van der Waals surface area contributed by atoms with E-state index in [1.807, 2.05) is 19.1 Å². The molecule has 39 heavy (non-hydrogen) atoms. The van der Waals surface area contributed by atoms with E-state index in [-0.39, 0.29) is 0 Å². The van der Waals surface area contributed by atoms with E-state index in [2.05, 4.69) is 106 Å². The first-order valence-electron chi connectivity index (χ1n) is 13.9. The summed E-state index contributed by atoms with van der Waals surface area (Å²) in [5.74, 6) is 0. The van der Waals surface area contributed by atoms with Crippen molar-refractivity contribution in [1.82, 2.24) is 4.98 Å². The third-order valence-corrected chi connectivity index (χ3v) is 7.32. The molecule has 2 aromatic rings. The molecule has 0 aliphatic heterocycles. The highest BCUT2D eigenvalue weighted by Crippen LogP contribution is 2.36. The van der Waals surface area contributed by atoms with Gasteiger partial charge in [-0.3, -0.25) is 4.98 Å². The van der Waals surface area contributed by atoms with Crippen LogP contribution in [-0.4, -0.2) is 4.98 Å². The predicted octanol–water partition coefficient (Wildman–Crippen LogP) is 9.40. The lowest BCUT2D eigenvalue weighted by atomic mass is 9.85. The fourth-order valence-corrected chi connectivity index (χ4v) is 5.16. The van der Waals surface area contributed by atoms with Crippen molar-refractivity contribution in [2.75, 3.05) is 0 Å². The first-order chi connectivity index (χ1) is 18.9. The third kappa shape index (κ3) is 6.64. The summed E-state index contributed by atoms with van der Waals surface area (Å²) in [5.41, 5.74) is 20.0. The standard InChI is InChI=1S/C37H40N2/c1-6-12-26(3)28(5)33(30-15-9-8-10-16-30)17-11-14-29-19-22-31(23-20-29)34(13-7-2)35-25-24-32-21-18-27(4)39-37(32)36(35)38/h6,9,11-23H,1,5,7-8,10,24-25,38H2,2-4H3/b14-11+,26-12-,33-17+,34-13-. The number of nitrogens with two attached hydrogens (primary N) is 1. The summed E-state index contributed by atoms with van der Waals surface area (Å²) in [6.07, 6.45) is 24.3. The summed E-state index contributed by atoms with van der Waals surface area (Å²) >= 11 is 0. The number of hydrogen-bond acceptors (Lipinski definition) is 2. The topological polar surface area (TPSA) is 38.9 Å². The Hall–Kier alpha value is -4.17. The van der Waals surface area contributed by atoms with Crippen molar-refractivity contribution < 1.29 is 0 Å². The average molecular weight is 513 g/mol. The van der Waals surface area contributed by atoms with Crippen LogP contribution in [-0.2, 0) is 6.42 Å². The number of benzene rings is 1. The molecular weight excluding hydrogens is 472 g/mol. The lowest BCUT2D eigenvalue weighted by molar-refractivity contribution is 0.912. The molecule has 0 spiro atoms. The van der Waals surface area contributed by atoms with Gasteiger partial charge >= 0.3 is 0 Å². The quantitative estimate of drug-likeness (QED) is 0.340. The molecule has 0 saturated carbocycles. The molecule has 1 aromatic heterocycles. The number of aromatic nitrogens is 1. The number of aryl methyl sites for hydroxylation is 2. The Kier molecular flexibility index (Phi) is 9.33. The van der Waals surface area contributed by atoms with Crippen LogP contribution in [0.2, 0.25) is 0 Å². The molecule has 0 bridgehead atoms. The minimum absolute atomic E-state index is 0.813. The van der Waals surface area contributed by atoms with E-state index in [0.717, 1.165) is 71.5 Å². The van der Waals surface area contributed by atoms with Gasteiger partial charge in [0.25, 0.3) is 0 Å². The molecule has 0 amide bonds. The molecule has 2 aliphatic carbocycles. The summed E-state index contributed by atoms with van der Waals surface area (Å²) in [6, 6.07) is 13.0. The van der Waals surface area contributed by atoms with E-state index in [4.69, 9.17) is 10.7 Å². The summed E-state index contributed by atoms with van der Waals surface area (Å²) < 4.78 is 0. The van der Waals surface area contributed by atoms with Crippen LogP contribution in [0.15, 0.2) is 126 Å². The second kappa shape index (κ2) is 13.1. The number of allylic oxidation sites excluding steroid dienone is 14. The normalized spacial score (nSPS) is 16.4. The highest BCUT2D eigenvalue weighted by Gasteiger charge is 2.21. The summed E-state index contributed by atoms with van der Waals surface area (Å²) in [5, 5.41) is 0. The average Bonchev–Trinajstić information content (AvgIpc) is 2.95. The highest BCUT2D eigenvalue weighted by molar-refractivity contribution is 5.89. The number of fused-ring (bicyclic) bond motifs is 1. The minimum Gasteiger partial charge on any atom is -0.397 e. The number of rotatable bonds is 9. The second-order valence-electron chi connectivity index (χ2n) is 10.1. The molecular formula is C37H40N2. The van der Waals surface area contributed by atoms with E-state index in [1.54, 1.807) is 0 Å². The molecule has 1 heterocycles. The Morgan fingerprint density at radius 1 is 1.05 bits per heavy atom. The molecule has 0 fully saturated rings. The first-order valence-corrected chi connectivity index (χ1v) is 13.9. The van der Waals surface area contributed by atoms with Crippen LogP contribution < -0.4 is 5.73 Å². The van der Waals surface area contributed by atoms with E-state index in [9.17, 15) is 0 Å². The van der Waals surface area contributed by atoms with Crippen LogP contribution in [0, 0.1) is 6.92 Å². The SMILES string of the molecule is C=C/C=C(/C)C(=C)/C(=C\C=C\c1ccc(/C(=C/CC)C2=C(N)c3nc(C)ccc3CC2)cc1)C1=CCCC=C1. The van der Waals surface area contributed by atoms with Gasteiger partial charge in [0.1, 0.15) is 0 Å². The van der Waals surface area contributed by atoms with E-state index < -0.39 is 0 Å². The Labute approximate surface area is 234 Å². The fourth-order valence-electron chi connectivity index (χ4n) is 5.16. The summed E-state index contributed by atoms with van der Waals surface area (Å²) in [6.45, 7) is 14.5. The highest BCUT2D eigenvalue weighted by atomic mass is 14.8. The molecule has 0 radical (unpaired) electrons. The smallest absolute Gasteiger partial charge is 0.0897 e. The fraction of sp³-hybridized carbons (Fsp3) is 0.216. The predicted molar refractivity (Wildman–Crippen MR) is 170 cm³/mol. The maximum atomic E-state index is 6.71. The molecule has 4 rings (SSSR count). The van der Waals surface area contributed by atoms with Gasteiger partial charge in [-0.05, 0) is 102 Å². The van der Waals surface area contributed by atoms with Crippen LogP contribution in [0.5, 0.6) is 0 Å². The van der Waals surface area contributed by atoms with Gasteiger partial charge in [-0.2, -0.15) is 0 Å². The molecule has 0 unspecified atom stereocenters. The maximum Gasteiger partial charge on any atom is 0.0897 e. The number of pyridine rings is 1. The van der Waals surface area contributed by atoms with Gasteiger partial charge in [-0.1, -0.05) is 105 Å². The molecule has 0 atom stereocenters. The van der Waals surface area contributed by atoms with E-state index in [1.165, 1.54) is 27.8 Å². The van der Waals surface area contributed by atoms with Crippen molar-refractivity contribution in [2.24, 2.45) is 5.73 Å². The third-order valence-electron chi connectivity index (χ3n) is 7.32. The van der Waals surface area contributed by atoms with Gasteiger partial charge in [0.2, 0.25) is 0 Å². The van der Waals surface area contributed by atoms with Crippen molar-refractivity contribution in [2.45, 2.75) is 52.9 Å². The largest absolute Gasteiger partial charge is 0.397 e. The Morgan fingerprint density at radius 2 is 1.85 bits per heavy atom. The van der Waals surface area contributed by atoms with Crippen molar-refractivity contribution >= 4 is 17.3 Å². The van der Waals surface area contributed by atoms with Crippen LogP contribution in [0.3, 0.4) is 0 Å². The van der Waals surface area contributed by atoms with Gasteiger partial charge in [0.15, 0.2) is 0 Å². The van der Waals surface area contributed by atoms with Gasteiger partial charge in [-0.25, -0.2) is 0 Å². The Balaban J connectivity index is 1.61. The molecule has 1 aromatic carbocycles. The van der Waals surface area contributed by atoms with Crippen molar-refractivity contribution in [3.63, 3.8) is 0 Å². The Morgan fingerprint density at radius 3 is 2.54 bits per heavy atom. The van der Waals surface area contributed by atoms with Crippen molar-refractivity contribution in [3.05, 3.63) is 154 Å².